The fourth-order valence-corrected chi connectivity index (χ4v) is 3.66. The van der Waals surface area contributed by atoms with Gasteiger partial charge in [0.2, 0.25) is 5.91 Å². The van der Waals surface area contributed by atoms with Gasteiger partial charge in [-0.2, -0.15) is 0 Å². The summed E-state index contributed by atoms with van der Waals surface area (Å²) in [6, 6.07) is 0.251. The van der Waals surface area contributed by atoms with Crippen molar-refractivity contribution in [3.63, 3.8) is 0 Å². The van der Waals surface area contributed by atoms with Gasteiger partial charge >= 0.3 is 0 Å². The first-order chi connectivity index (χ1) is 8.39. The Bertz CT molecular complexity index is 308. The number of piperidine rings is 1. The molecule has 0 radical (unpaired) electrons. The quantitative estimate of drug-likeness (QED) is 0.780. The van der Waals surface area contributed by atoms with E-state index in [4.69, 9.17) is 0 Å². The summed E-state index contributed by atoms with van der Waals surface area (Å²) in [4.78, 5) is 14.2. The first-order valence-corrected chi connectivity index (χ1v) is 7.37. The molecule has 0 aromatic heterocycles. The van der Waals surface area contributed by atoms with Gasteiger partial charge in [-0.05, 0) is 43.4 Å². The summed E-state index contributed by atoms with van der Waals surface area (Å²) in [5.41, 5.74) is 0.211. The van der Waals surface area contributed by atoms with Crippen LogP contribution in [0.1, 0.15) is 59.3 Å². The highest BCUT2D eigenvalue weighted by Crippen LogP contribution is 2.41. The van der Waals surface area contributed by atoms with Crippen LogP contribution < -0.4 is 0 Å². The van der Waals surface area contributed by atoms with E-state index in [9.17, 15) is 9.90 Å². The van der Waals surface area contributed by atoms with Crippen LogP contribution in [0.25, 0.3) is 0 Å². The Kier molecular flexibility index (Phi) is 4.00. The third kappa shape index (κ3) is 2.87. The minimum absolute atomic E-state index is 0.211. The molecule has 1 aliphatic heterocycles. The molecule has 1 saturated heterocycles. The maximum atomic E-state index is 12.1. The van der Waals surface area contributed by atoms with Crippen molar-refractivity contribution >= 4 is 5.91 Å². The minimum atomic E-state index is -0.219. The van der Waals surface area contributed by atoms with E-state index in [1.165, 1.54) is 0 Å². The highest BCUT2D eigenvalue weighted by atomic mass is 16.3. The van der Waals surface area contributed by atoms with Crippen molar-refractivity contribution in [2.75, 3.05) is 6.54 Å². The van der Waals surface area contributed by atoms with Crippen LogP contribution in [0.5, 0.6) is 0 Å². The lowest BCUT2D eigenvalue weighted by atomic mass is 9.68. The topological polar surface area (TPSA) is 40.5 Å². The predicted octanol–water partition coefficient (Wildman–Crippen LogP) is 2.57. The summed E-state index contributed by atoms with van der Waals surface area (Å²) in [5, 5.41) is 9.94. The van der Waals surface area contributed by atoms with E-state index in [1.807, 2.05) is 0 Å². The van der Waals surface area contributed by atoms with E-state index >= 15 is 0 Å². The van der Waals surface area contributed by atoms with Gasteiger partial charge in [-0.15, -0.1) is 0 Å². The highest BCUT2D eigenvalue weighted by Gasteiger charge is 2.41. The van der Waals surface area contributed by atoms with Gasteiger partial charge in [-0.1, -0.05) is 20.8 Å². The Morgan fingerprint density at radius 3 is 2.56 bits per heavy atom. The molecule has 3 unspecified atom stereocenters. The second kappa shape index (κ2) is 5.20. The molecule has 104 valence electrons. The van der Waals surface area contributed by atoms with Gasteiger partial charge in [0.05, 0.1) is 6.10 Å². The highest BCUT2D eigenvalue weighted by molar-refractivity contribution is 5.77. The molecule has 1 aliphatic carbocycles. The van der Waals surface area contributed by atoms with E-state index in [1.54, 1.807) is 0 Å². The molecule has 1 N–H and O–H groups in total. The second-order valence-corrected chi connectivity index (χ2v) is 7.05. The zero-order chi connectivity index (χ0) is 13.3. The zero-order valence-corrected chi connectivity index (χ0v) is 12.0. The maximum absolute atomic E-state index is 12.1. The summed E-state index contributed by atoms with van der Waals surface area (Å²) in [5.74, 6) is 0.817. The number of aliphatic hydroxyl groups excluding tert-OH is 1. The van der Waals surface area contributed by atoms with Crippen LogP contribution in [0.3, 0.4) is 0 Å². The third-order valence-electron chi connectivity index (χ3n) is 4.66. The number of aliphatic hydroxyl groups is 1. The average molecular weight is 253 g/mol. The first kappa shape index (κ1) is 13.9. The molecule has 3 heteroatoms. The summed E-state index contributed by atoms with van der Waals surface area (Å²) in [6.45, 7) is 7.67. The van der Waals surface area contributed by atoms with Crippen LogP contribution in [-0.2, 0) is 4.79 Å². The van der Waals surface area contributed by atoms with Gasteiger partial charge in [-0.25, -0.2) is 0 Å². The Morgan fingerprint density at radius 2 is 1.94 bits per heavy atom. The number of amides is 1. The molecular formula is C15H27NO2. The molecule has 2 rings (SSSR count). The normalized spacial score (nSPS) is 34.8. The number of carbonyl (C=O) groups excluding carboxylic acids is 1. The monoisotopic (exact) mass is 253 g/mol. The number of nitrogens with zero attached hydrogens (tertiary/aromatic N) is 1. The van der Waals surface area contributed by atoms with E-state index in [-0.39, 0.29) is 17.6 Å². The molecule has 2 aliphatic rings. The molecule has 0 aromatic rings. The Hall–Kier alpha value is -0.570. The van der Waals surface area contributed by atoms with E-state index in [0.29, 0.717) is 18.2 Å². The summed E-state index contributed by atoms with van der Waals surface area (Å²) in [7, 11) is 0. The molecule has 0 aromatic carbocycles. The van der Waals surface area contributed by atoms with Gasteiger partial charge in [0.15, 0.2) is 0 Å². The lowest BCUT2D eigenvalue weighted by Gasteiger charge is -2.48. The lowest BCUT2D eigenvalue weighted by Crippen LogP contribution is -2.53. The van der Waals surface area contributed by atoms with Crippen LogP contribution >= 0.6 is 0 Å². The van der Waals surface area contributed by atoms with E-state index < -0.39 is 0 Å². The molecule has 1 heterocycles. The molecule has 3 nitrogen and oxygen atoms in total. The molecule has 0 bridgehead atoms. The van der Waals surface area contributed by atoms with Gasteiger partial charge in [0.1, 0.15) is 0 Å². The fraction of sp³-hybridized carbons (Fsp3) is 0.933. The fourth-order valence-electron chi connectivity index (χ4n) is 3.66. The predicted molar refractivity (Wildman–Crippen MR) is 72.2 cm³/mol. The van der Waals surface area contributed by atoms with Crippen molar-refractivity contribution < 1.29 is 9.90 Å². The summed E-state index contributed by atoms with van der Waals surface area (Å²) in [6.07, 6.45) is 5.33. The number of carbonyl (C=O) groups is 1. The molecule has 3 atom stereocenters. The maximum Gasteiger partial charge on any atom is 0.222 e. The summed E-state index contributed by atoms with van der Waals surface area (Å²) < 4.78 is 0. The van der Waals surface area contributed by atoms with Crippen molar-refractivity contribution in [2.24, 2.45) is 11.3 Å². The number of rotatable bonds is 1. The van der Waals surface area contributed by atoms with Crippen molar-refractivity contribution in [2.45, 2.75) is 71.4 Å². The Morgan fingerprint density at radius 1 is 1.22 bits per heavy atom. The average Bonchev–Trinajstić information content (AvgIpc) is 2.27. The third-order valence-corrected chi connectivity index (χ3v) is 4.66. The molecule has 0 spiro atoms. The smallest absolute Gasteiger partial charge is 0.222 e. The number of likely N-dealkylation sites (tertiary alicyclic amines) is 1. The molecular weight excluding hydrogens is 226 g/mol. The van der Waals surface area contributed by atoms with Crippen molar-refractivity contribution in [3.8, 4) is 0 Å². The minimum Gasteiger partial charge on any atom is -0.393 e. The number of hydrogen-bond donors (Lipinski definition) is 1. The van der Waals surface area contributed by atoms with Crippen LogP contribution in [0, 0.1) is 11.3 Å². The standard InChI is InChI=1S/C15H27NO2/c1-15(2,3)12-8-7-11(17)10-13(12)16-9-5-4-6-14(16)18/h11-13,17H,4-10H2,1-3H3. The Labute approximate surface area is 111 Å². The van der Waals surface area contributed by atoms with Crippen molar-refractivity contribution in [3.05, 3.63) is 0 Å². The van der Waals surface area contributed by atoms with Crippen LogP contribution in [0.2, 0.25) is 0 Å². The second-order valence-electron chi connectivity index (χ2n) is 7.05. The SMILES string of the molecule is CC(C)(C)C1CCC(O)CC1N1CCCCC1=O. The molecule has 1 saturated carbocycles. The largest absolute Gasteiger partial charge is 0.393 e. The molecule has 1 amide bonds. The molecule has 2 fully saturated rings. The van der Waals surface area contributed by atoms with Gasteiger partial charge in [0, 0.05) is 19.0 Å². The number of hydrogen-bond acceptors (Lipinski definition) is 2. The van der Waals surface area contributed by atoms with Crippen LogP contribution in [0.4, 0.5) is 0 Å². The van der Waals surface area contributed by atoms with Crippen molar-refractivity contribution in [1.82, 2.24) is 4.90 Å². The lowest BCUT2D eigenvalue weighted by molar-refractivity contribution is -0.140. The van der Waals surface area contributed by atoms with Crippen LogP contribution in [-0.4, -0.2) is 34.6 Å². The van der Waals surface area contributed by atoms with Crippen molar-refractivity contribution in [1.29, 1.82) is 0 Å². The van der Waals surface area contributed by atoms with Gasteiger partial charge < -0.3 is 10.0 Å². The first-order valence-electron chi connectivity index (χ1n) is 7.37. The Balaban J connectivity index is 2.16. The zero-order valence-electron chi connectivity index (χ0n) is 12.0. The summed E-state index contributed by atoms with van der Waals surface area (Å²) >= 11 is 0. The van der Waals surface area contributed by atoms with E-state index in [2.05, 4.69) is 25.7 Å². The van der Waals surface area contributed by atoms with Crippen LogP contribution in [0.15, 0.2) is 0 Å². The van der Waals surface area contributed by atoms with Gasteiger partial charge in [0.25, 0.3) is 0 Å². The van der Waals surface area contributed by atoms with Gasteiger partial charge in [-0.3, -0.25) is 4.79 Å². The van der Waals surface area contributed by atoms with E-state index in [0.717, 1.165) is 38.6 Å². The molecule has 18 heavy (non-hydrogen) atoms.